The summed E-state index contributed by atoms with van der Waals surface area (Å²) in [7, 11) is 0. The normalized spacial score (nSPS) is 10.2. The van der Waals surface area contributed by atoms with Crippen molar-refractivity contribution in [2.45, 2.75) is 72.1 Å². The first kappa shape index (κ1) is 19.7. The molecule has 5 heteroatoms. The van der Waals surface area contributed by atoms with E-state index in [0.717, 1.165) is 51.4 Å². The Morgan fingerprint density at radius 2 is 1.19 bits per heavy atom. The Kier molecular flexibility index (Phi) is 12.9. The number of rotatable bonds is 11. The molecule has 0 bridgehead atoms. The maximum atomic E-state index is 12.1. The van der Waals surface area contributed by atoms with Crippen LogP contribution in [-0.4, -0.2) is 36.6 Å². The van der Waals surface area contributed by atoms with Gasteiger partial charge in [0.25, 0.3) is 0 Å². The molecule has 0 aromatic carbocycles. The zero-order valence-corrected chi connectivity index (χ0v) is 14.0. The van der Waals surface area contributed by atoms with E-state index in [-0.39, 0.29) is 12.1 Å². The van der Waals surface area contributed by atoms with Gasteiger partial charge in [0, 0.05) is 19.6 Å². The van der Waals surface area contributed by atoms with E-state index in [1.54, 1.807) is 0 Å². The number of hydrogen-bond donors (Lipinski definition) is 2. The largest absolute Gasteiger partial charge is 0.338 e. The van der Waals surface area contributed by atoms with E-state index in [0.29, 0.717) is 19.6 Å². The number of unbranched alkanes of at least 4 members (excludes halogenated alkanes) is 5. The fraction of sp³-hybridized carbons (Fsp3) is 0.875. The maximum absolute atomic E-state index is 12.1. The zero-order chi connectivity index (χ0) is 15.9. The second-order valence-corrected chi connectivity index (χ2v) is 5.38. The molecule has 4 amide bonds. The zero-order valence-electron chi connectivity index (χ0n) is 14.0. The molecular weight excluding hydrogens is 266 g/mol. The predicted molar refractivity (Wildman–Crippen MR) is 87.5 cm³/mol. The Morgan fingerprint density at radius 1 is 0.714 bits per heavy atom. The highest BCUT2D eigenvalue weighted by Gasteiger charge is 2.19. The smallest absolute Gasteiger partial charge is 0.325 e. The van der Waals surface area contributed by atoms with E-state index in [4.69, 9.17) is 0 Å². The fourth-order valence-electron chi connectivity index (χ4n) is 1.95. The molecule has 0 atom stereocenters. The summed E-state index contributed by atoms with van der Waals surface area (Å²) < 4.78 is 0. The maximum Gasteiger partial charge on any atom is 0.325 e. The van der Waals surface area contributed by atoms with Gasteiger partial charge in [0.15, 0.2) is 0 Å². The molecule has 2 N–H and O–H groups in total. The molecule has 0 saturated carbocycles. The van der Waals surface area contributed by atoms with Gasteiger partial charge in [-0.25, -0.2) is 14.5 Å². The Balaban J connectivity index is 4.27. The van der Waals surface area contributed by atoms with E-state index in [1.807, 2.05) is 0 Å². The first-order chi connectivity index (χ1) is 10.2. The number of imide groups is 1. The Bertz CT molecular complexity index is 283. The summed E-state index contributed by atoms with van der Waals surface area (Å²) in [6, 6.07) is -0.538. The third kappa shape index (κ3) is 10.2. The van der Waals surface area contributed by atoms with Crippen molar-refractivity contribution < 1.29 is 9.59 Å². The van der Waals surface area contributed by atoms with E-state index in [1.165, 1.54) is 4.90 Å². The lowest BCUT2D eigenvalue weighted by atomic mass is 10.2. The summed E-state index contributed by atoms with van der Waals surface area (Å²) >= 11 is 0. The van der Waals surface area contributed by atoms with E-state index in [9.17, 15) is 9.59 Å². The highest BCUT2D eigenvalue weighted by Crippen LogP contribution is 2.01. The van der Waals surface area contributed by atoms with Gasteiger partial charge in [0.1, 0.15) is 0 Å². The number of carbonyl (C=O) groups is 2. The van der Waals surface area contributed by atoms with Crippen LogP contribution in [-0.2, 0) is 0 Å². The third-order valence-corrected chi connectivity index (χ3v) is 3.34. The summed E-state index contributed by atoms with van der Waals surface area (Å²) in [6.07, 6.45) is 8.10. The van der Waals surface area contributed by atoms with Gasteiger partial charge in [-0.3, -0.25) is 0 Å². The monoisotopic (exact) mass is 299 g/mol. The van der Waals surface area contributed by atoms with Crippen LogP contribution in [0.4, 0.5) is 9.59 Å². The summed E-state index contributed by atoms with van der Waals surface area (Å²) in [4.78, 5) is 25.5. The van der Waals surface area contributed by atoms with Crippen molar-refractivity contribution in [3.63, 3.8) is 0 Å². The molecule has 21 heavy (non-hydrogen) atoms. The van der Waals surface area contributed by atoms with Gasteiger partial charge in [-0.15, -0.1) is 0 Å². The lowest BCUT2D eigenvalue weighted by Crippen LogP contribution is -2.49. The van der Waals surface area contributed by atoms with Crippen LogP contribution in [0.15, 0.2) is 0 Å². The molecule has 0 fully saturated rings. The second-order valence-electron chi connectivity index (χ2n) is 5.38. The minimum absolute atomic E-state index is 0.267. The van der Waals surface area contributed by atoms with Gasteiger partial charge in [0.2, 0.25) is 0 Å². The lowest BCUT2D eigenvalue weighted by molar-refractivity contribution is 0.184. The van der Waals surface area contributed by atoms with Crippen LogP contribution in [0.5, 0.6) is 0 Å². The SMILES string of the molecule is CCCCCNC(=O)N(CCCCC)C(=O)NCCCC. The van der Waals surface area contributed by atoms with Gasteiger partial charge in [-0.2, -0.15) is 0 Å². The molecular formula is C16H33N3O2. The molecule has 0 radical (unpaired) electrons. The molecule has 5 nitrogen and oxygen atoms in total. The molecule has 0 saturated heterocycles. The standard InChI is InChI=1S/C16H33N3O2/c1-4-7-10-13-18-16(21)19(14-11-8-5-2)15(20)17-12-9-6-3/h4-14H2,1-3H3,(H,17,20)(H,18,21). The molecule has 0 heterocycles. The second kappa shape index (κ2) is 13.7. The summed E-state index contributed by atoms with van der Waals surface area (Å²) in [5, 5.41) is 5.66. The molecule has 124 valence electrons. The molecule has 0 aliphatic heterocycles. The van der Waals surface area contributed by atoms with Crippen molar-refractivity contribution in [1.29, 1.82) is 0 Å². The highest BCUT2D eigenvalue weighted by molar-refractivity contribution is 5.93. The third-order valence-electron chi connectivity index (χ3n) is 3.34. The number of nitrogens with one attached hydrogen (secondary N) is 2. The lowest BCUT2D eigenvalue weighted by Gasteiger charge is -2.21. The minimum Gasteiger partial charge on any atom is -0.338 e. The summed E-state index contributed by atoms with van der Waals surface area (Å²) in [5.74, 6) is 0. The van der Waals surface area contributed by atoms with E-state index >= 15 is 0 Å². The number of urea groups is 2. The molecule has 0 aromatic rings. The average molecular weight is 299 g/mol. The number of nitrogens with zero attached hydrogens (tertiary/aromatic N) is 1. The van der Waals surface area contributed by atoms with Crippen molar-refractivity contribution in [3.05, 3.63) is 0 Å². The fourth-order valence-corrected chi connectivity index (χ4v) is 1.95. The molecule has 0 aromatic heterocycles. The van der Waals surface area contributed by atoms with Crippen molar-refractivity contribution in [2.75, 3.05) is 19.6 Å². The number of carbonyl (C=O) groups excluding carboxylic acids is 2. The summed E-state index contributed by atoms with van der Waals surface area (Å²) in [6.45, 7) is 8.06. The topological polar surface area (TPSA) is 61.4 Å². The predicted octanol–water partition coefficient (Wildman–Crippen LogP) is 3.89. The first-order valence-corrected chi connectivity index (χ1v) is 8.50. The molecule has 0 aliphatic carbocycles. The van der Waals surface area contributed by atoms with Crippen molar-refractivity contribution in [1.82, 2.24) is 15.5 Å². The Morgan fingerprint density at radius 3 is 1.71 bits per heavy atom. The van der Waals surface area contributed by atoms with E-state index < -0.39 is 0 Å². The summed E-state index contributed by atoms with van der Waals surface area (Å²) in [5.41, 5.74) is 0. The van der Waals surface area contributed by atoms with Crippen molar-refractivity contribution in [3.8, 4) is 0 Å². The number of hydrogen-bond acceptors (Lipinski definition) is 2. The Hall–Kier alpha value is -1.26. The Labute approximate surface area is 129 Å². The van der Waals surface area contributed by atoms with E-state index in [2.05, 4.69) is 31.4 Å². The molecule has 0 rings (SSSR count). The average Bonchev–Trinajstić information content (AvgIpc) is 2.48. The quantitative estimate of drug-likeness (QED) is 0.569. The molecule has 0 aliphatic rings. The highest BCUT2D eigenvalue weighted by atomic mass is 16.2. The van der Waals surface area contributed by atoms with Gasteiger partial charge < -0.3 is 10.6 Å². The van der Waals surface area contributed by atoms with Gasteiger partial charge in [-0.1, -0.05) is 52.9 Å². The van der Waals surface area contributed by atoms with Crippen molar-refractivity contribution >= 4 is 12.1 Å². The van der Waals surface area contributed by atoms with Crippen LogP contribution in [0, 0.1) is 0 Å². The van der Waals surface area contributed by atoms with Crippen LogP contribution < -0.4 is 10.6 Å². The molecule has 0 spiro atoms. The van der Waals surface area contributed by atoms with Gasteiger partial charge in [-0.05, 0) is 19.3 Å². The van der Waals surface area contributed by atoms with Crippen LogP contribution in [0.3, 0.4) is 0 Å². The van der Waals surface area contributed by atoms with Crippen LogP contribution in [0.2, 0.25) is 0 Å². The molecule has 0 unspecified atom stereocenters. The van der Waals surface area contributed by atoms with Gasteiger partial charge in [0.05, 0.1) is 0 Å². The van der Waals surface area contributed by atoms with Crippen LogP contribution in [0.1, 0.15) is 72.1 Å². The van der Waals surface area contributed by atoms with Crippen LogP contribution >= 0.6 is 0 Å². The number of amides is 4. The first-order valence-electron chi connectivity index (χ1n) is 8.50. The van der Waals surface area contributed by atoms with Gasteiger partial charge >= 0.3 is 12.1 Å². The minimum atomic E-state index is -0.271. The van der Waals surface area contributed by atoms with Crippen molar-refractivity contribution in [2.24, 2.45) is 0 Å². The van der Waals surface area contributed by atoms with Crippen LogP contribution in [0.25, 0.3) is 0 Å².